The summed E-state index contributed by atoms with van der Waals surface area (Å²) in [5.41, 5.74) is 2.31. The molecule has 152 valence electrons. The van der Waals surface area contributed by atoms with Gasteiger partial charge in [-0.05, 0) is 51.4 Å². The van der Waals surface area contributed by atoms with Gasteiger partial charge in [0.05, 0.1) is 6.61 Å². The third kappa shape index (κ3) is 7.03. The minimum Gasteiger partial charge on any atom is -0.491 e. The summed E-state index contributed by atoms with van der Waals surface area (Å²) in [7, 11) is 1.82. The van der Waals surface area contributed by atoms with Crippen molar-refractivity contribution in [3.05, 3.63) is 29.3 Å². The SMILES string of the molecule is CCOCCOc1cc(C)ccc1CNC(=NC)NCC1CCCN1CC. The van der Waals surface area contributed by atoms with E-state index < -0.39 is 0 Å². The molecule has 0 bridgehead atoms. The summed E-state index contributed by atoms with van der Waals surface area (Å²) in [5.74, 6) is 1.74. The number of nitrogens with zero attached hydrogens (tertiary/aromatic N) is 2. The zero-order valence-electron chi connectivity index (χ0n) is 17.4. The lowest BCUT2D eigenvalue weighted by Gasteiger charge is -2.24. The van der Waals surface area contributed by atoms with Gasteiger partial charge in [-0.15, -0.1) is 0 Å². The number of likely N-dealkylation sites (tertiary alicyclic amines) is 1. The first-order valence-electron chi connectivity index (χ1n) is 10.2. The molecule has 0 saturated carbocycles. The van der Waals surface area contributed by atoms with Gasteiger partial charge in [0.15, 0.2) is 5.96 Å². The van der Waals surface area contributed by atoms with Gasteiger partial charge >= 0.3 is 0 Å². The number of aryl methyl sites for hydroxylation is 1. The molecule has 1 aliphatic rings. The highest BCUT2D eigenvalue weighted by Gasteiger charge is 2.22. The molecule has 1 aliphatic heterocycles. The highest BCUT2D eigenvalue weighted by atomic mass is 16.5. The minimum atomic E-state index is 0.561. The highest BCUT2D eigenvalue weighted by Crippen LogP contribution is 2.20. The Bertz CT molecular complexity index is 592. The van der Waals surface area contributed by atoms with Gasteiger partial charge in [0.1, 0.15) is 12.4 Å². The summed E-state index contributed by atoms with van der Waals surface area (Å²) in [6.07, 6.45) is 2.55. The summed E-state index contributed by atoms with van der Waals surface area (Å²) in [4.78, 5) is 6.90. The van der Waals surface area contributed by atoms with E-state index in [-0.39, 0.29) is 0 Å². The summed E-state index contributed by atoms with van der Waals surface area (Å²) in [5, 5.41) is 6.89. The van der Waals surface area contributed by atoms with Gasteiger partial charge < -0.3 is 20.1 Å². The van der Waals surface area contributed by atoms with E-state index in [0.717, 1.165) is 30.4 Å². The molecule has 6 heteroatoms. The summed E-state index contributed by atoms with van der Waals surface area (Å²) in [6, 6.07) is 6.91. The quantitative estimate of drug-likeness (QED) is 0.373. The van der Waals surface area contributed by atoms with E-state index in [4.69, 9.17) is 9.47 Å². The Kier molecular flexibility index (Phi) is 9.42. The van der Waals surface area contributed by atoms with Crippen molar-refractivity contribution in [1.29, 1.82) is 0 Å². The molecule has 2 rings (SSSR count). The lowest BCUT2D eigenvalue weighted by atomic mass is 10.1. The lowest BCUT2D eigenvalue weighted by Crippen LogP contribution is -2.44. The van der Waals surface area contributed by atoms with Gasteiger partial charge in [0.25, 0.3) is 0 Å². The third-order valence-electron chi connectivity index (χ3n) is 4.99. The third-order valence-corrected chi connectivity index (χ3v) is 4.99. The van der Waals surface area contributed by atoms with Crippen LogP contribution in [-0.2, 0) is 11.3 Å². The number of benzene rings is 1. The molecule has 0 aromatic heterocycles. The van der Waals surface area contributed by atoms with E-state index in [1.165, 1.54) is 24.9 Å². The predicted molar refractivity (Wildman–Crippen MR) is 112 cm³/mol. The largest absolute Gasteiger partial charge is 0.491 e. The minimum absolute atomic E-state index is 0.561. The van der Waals surface area contributed by atoms with Crippen molar-refractivity contribution in [2.75, 3.05) is 46.5 Å². The molecule has 0 radical (unpaired) electrons. The molecule has 1 fully saturated rings. The topological polar surface area (TPSA) is 58.1 Å². The molecule has 1 heterocycles. The number of guanidine groups is 1. The van der Waals surface area contributed by atoms with Crippen LogP contribution in [0.3, 0.4) is 0 Å². The van der Waals surface area contributed by atoms with E-state index in [2.05, 4.69) is 52.6 Å². The highest BCUT2D eigenvalue weighted by molar-refractivity contribution is 5.79. The molecule has 0 aliphatic carbocycles. The number of ether oxygens (including phenoxy) is 2. The van der Waals surface area contributed by atoms with Gasteiger partial charge in [-0.25, -0.2) is 0 Å². The van der Waals surface area contributed by atoms with Crippen LogP contribution in [0.15, 0.2) is 23.2 Å². The van der Waals surface area contributed by atoms with Crippen LogP contribution >= 0.6 is 0 Å². The molecular formula is C21H36N4O2. The molecule has 1 atom stereocenters. The van der Waals surface area contributed by atoms with E-state index in [1.807, 2.05) is 14.0 Å². The Labute approximate surface area is 164 Å². The fourth-order valence-electron chi connectivity index (χ4n) is 3.45. The molecular weight excluding hydrogens is 340 g/mol. The van der Waals surface area contributed by atoms with E-state index >= 15 is 0 Å². The Hall–Kier alpha value is -1.79. The normalized spacial score (nSPS) is 17.9. The molecule has 27 heavy (non-hydrogen) atoms. The molecule has 1 aromatic carbocycles. The molecule has 6 nitrogen and oxygen atoms in total. The van der Waals surface area contributed by atoms with Crippen molar-refractivity contribution >= 4 is 5.96 Å². The number of nitrogens with one attached hydrogen (secondary N) is 2. The van der Waals surface area contributed by atoms with Crippen molar-refractivity contribution in [3.63, 3.8) is 0 Å². The predicted octanol–water partition coefficient (Wildman–Crippen LogP) is 2.56. The van der Waals surface area contributed by atoms with E-state index in [1.54, 1.807) is 0 Å². The van der Waals surface area contributed by atoms with Crippen LogP contribution in [0.25, 0.3) is 0 Å². The van der Waals surface area contributed by atoms with Gasteiger partial charge in [0, 0.05) is 38.3 Å². The van der Waals surface area contributed by atoms with Crippen LogP contribution in [-0.4, -0.2) is 63.4 Å². The monoisotopic (exact) mass is 376 g/mol. The van der Waals surface area contributed by atoms with Crippen molar-refractivity contribution < 1.29 is 9.47 Å². The fraction of sp³-hybridized carbons (Fsp3) is 0.667. The lowest BCUT2D eigenvalue weighted by molar-refractivity contribution is 0.110. The van der Waals surface area contributed by atoms with Crippen LogP contribution in [0.2, 0.25) is 0 Å². The average Bonchev–Trinajstić information content (AvgIpc) is 3.14. The van der Waals surface area contributed by atoms with Crippen LogP contribution in [0.4, 0.5) is 0 Å². The molecule has 0 amide bonds. The maximum Gasteiger partial charge on any atom is 0.191 e. The average molecular weight is 377 g/mol. The Morgan fingerprint density at radius 2 is 2.11 bits per heavy atom. The van der Waals surface area contributed by atoms with Gasteiger partial charge in [-0.3, -0.25) is 9.89 Å². The van der Waals surface area contributed by atoms with Gasteiger partial charge in [0.2, 0.25) is 0 Å². The second kappa shape index (κ2) is 11.8. The fourth-order valence-corrected chi connectivity index (χ4v) is 3.45. The zero-order chi connectivity index (χ0) is 19.5. The summed E-state index contributed by atoms with van der Waals surface area (Å²) < 4.78 is 11.3. The standard InChI is InChI=1S/C21H36N4O2/c1-5-25-11-7-8-19(25)16-24-21(22-4)23-15-18-10-9-17(3)14-20(18)27-13-12-26-6-2/h9-10,14,19H,5-8,11-13,15-16H2,1-4H3,(H2,22,23,24). The Balaban J connectivity index is 1.86. The Morgan fingerprint density at radius 1 is 1.26 bits per heavy atom. The van der Waals surface area contributed by atoms with Crippen molar-refractivity contribution in [2.45, 2.75) is 46.2 Å². The number of aliphatic imine (C=N–C) groups is 1. The maximum atomic E-state index is 5.92. The van der Waals surface area contributed by atoms with Crippen molar-refractivity contribution in [3.8, 4) is 5.75 Å². The van der Waals surface area contributed by atoms with Crippen molar-refractivity contribution in [2.24, 2.45) is 4.99 Å². The molecule has 0 spiro atoms. The first kappa shape index (κ1) is 21.5. The molecule has 1 aromatic rings. The number of likely N-dealkylation sites (N-methyl/N-ethyl adjacent to an activating group) is 1. The second-order valence-electron chi connectivity index (χ2n) is 6.89. The van der Waals surface area contributed by atoms with E-state index in [9.17, 15) is 0 Å². The first-order valence-corrected chi connectivity index (χ1v) is 10.2. The molecule has 1 saturated heterocycles. The smallest absolute Gasteiger partial charge is 0.191 e. The summed E-state index contributed by atoms with van der Waals surface area (Å²) >= 11 is 0. The van der Waals surface area contributed by atoms with Crippen LogP contribution < -0.4 is 15.4 Å². The zero-order valence-corrected chi connectivity index (χ0v) is 17.4. The van der Waals surface area contributed by atoms with Gasteiger partial charge in [-0.2, -0.15) is 0 Å². The van der Waals surface area contributed by atoms with Gasteiger partial charge in [-0.1, -0.05) is 19.1 Å². The number of hydrogen-bond donors (Lipinski definition) is 2. The van der Waals surface area contributed by atoms with E-state index in [0.29, 0.717) is 32.4 Å². The van der Waals surface area contributed by atoms with Crippen LogP contribution in [0.1, 0.15) is 37.8 Å². The number of hydrogen-bond acceptors (Lipinski definition) is 4. The van der Waals surface area contributed by atoms with Crippen LogP contribution in [0, 0.1) is 6.92 Å². The maximum absolute atomic E-state index is 5.92. The van der Waals surface area contributed by atoms with Crippen LogP contribution in [0.5, 0.6) is 5.75 Å². The second-order valence-corrected chi connectivity index (χ2v) is 6.89. The molecule has 1 unspecified atom stereocenters. The molecule has 2 N–H and O–H groups in total. The first-order chi connectivity index (χ1) is 13.2. The Morgan fingerprint density at radius 3 is 2.85 bits per heavy atom. The van der Waals surface area contributed by atoms with Crippen molar-refractivity contribution in [1.82, 2.24) is 15.5 Å². The summed E-state index contributed by atoms with van der Waals surface area (Å²) in [6.45, 7) is 12.1. The number of rotatable bonds is 10.